The average molecular weight is 337 g/mol. The lowest BCUT2D eigenvalue weighted by molar-refractivity contribution is -0.0498. The van der Waals surface area contributed by atoms with Crippen LogP contribution in [0.15, 0.2) is 42.9 Å². The van der Waals surface area contributed by atoms with E-state index in [0.717, 1.165) is 12.4 Å². The quantitative estimate of drug-likeness (QED) is 0.687. The molecule has 0 spiro atoms. The van der Waals surface area contributed by atoms with Crippen LogP contribution >= 0.6 is 0 Å². The van der Waals surface area contributed by atoms with Crippen LogP contribution in [0.5, 0.6) is 11.8 Å². The van der Waals surface area contributed by atoms with Crippen LogP contribution in [-0.4, -0.2) is 31.6 Å². The van der Waals surface area contributed by atoms with E-state index in [1.807, 2.05) is 0 Å². The van der Waals surface area contributed by atoms with Crippen LogP contribution in [0, 0.1) is 5.82 Å². The normalized spacial score (nSPS) is 10.8. The highest BCUT2D eigenvalue weighted by molar-refractivity contribution is 5.38. The lowest BCUT2D eigenvalue weighted by Crippen LogP contribution is -2.03. The zero-order valence-corrected chi connectivity index (χ0v) is 12.0. The van der Waals surface area contributed by atoms with E-state index in [4.69, 9.17) is 4.74 Å². The van der Waals surface area contributed by atoms with E-state index >= 15 is 0 Å². The van der Waals surface area contributed by atoms with E-state index in [-0.39, 0.29) is 18.4 Å². The van der Waals surface area contributed by atoms with Gasteiger partial charge in [0, 0.05) is 6.07 Å². The van der Waals surface area contributed by atoms with E-state index in [2.05, 4.69) is 25.0 Å². The fraction of sp³-hybridized carbons (Fsp3) is 0.143. The van der Waals surface area contributed by atoms with Crippen molar-refractivity contribution in [2.75, 3.05) is 0 Å². The number of nitrogens with zero attached hydrogens (tertiary/aromatic N) is 5. The minimum Gasteiger partial charge on any atom is -0.457 e. The number of rotatable bonds is 6. The smallest absolute Gasteiger partial charge is 0.387 e. The second kappa shape index (κ2) is 6.94. The van der Waals surface area contributed by atoms with E-state index in [9.17, 15) is 13.2 Å². The Labute approximate surface area is 133 Å². The topological polar surface area (TPSA) is 75.0 Å². The molecule has 2 heterocycles. The molecule has 0 bridgehead atoms. The summed E-state index contributed by atoms with van der Waals surface area (Å²) in [5.41, 5.74) is 0.938. The Morgan fingerprint density at radius 1 is 1.17 bits per heavy atom. The van der Waals surface area contributed by atoms with Gasteiger partial charge in [0.25, 0.3) is 0 Å². The van der Waals surface area contributed by atoms with Gasteiger partial charge in [-0.05, 0) is 12.1 Å². The lowest BCUT2D eigenvalue weighted by atomic mass is 10.3. The van der Waals surface area contributed by atoms with Crippen LogP contribution in [0.2, 0.25) is 0 Å². The van der Waals surface area contributed by atoms with E-state index < -0.39 is 12.4 Å². The van der Waals surface area contributed by atoms with Crippen molar-refractivity contribution < 1.29 is 22.6 Å². The highest BCUT2D eigenvalue weighted by atomic mass is 19.3. The first-order valence-corrected chi connectivity index (χ1v) is 6.67. The van der Waals surface area contributed by atoms with Gasteiger partial charge in [-0.15, -0.1) is 5.10 Å². The summed E-state index contributed by atoms with van der Waals surface area (Å²) in [6, 6.07) is 6.01. The van der Waals surface area contributed by atoms with Crippen LogP contribution in [0.3, 0.4) is 0 Å². The molecule has 24 heavy (non-hydrogen) atoms. The minimum atomic E-state index is -2.91. The molecule has 7 nitrogen and oxygen atoms in total. The molecule has 0 fully saturated rings. The Morgan fingerprint density at radius 3 is 2.71 bits per heavy atom. The van der Waals surface area contributed by atoms with Crippen LogP contribution in [0.4, 0.5) is 13.2 Å². The number of hydrogen-bond acceptors (Lipinski definition) is 6. The fourth-order valence-corrected chi connectivity index (χ4v) is 1.81. The number of halogens is 3. The maximum atomic E-state index is 12.7. The predicted molar refractivity (Wildman–Crippen MR) is 74.3 cm³/mol. The van der Waals surface area contributed by atoms with Gasteiger partial charge in [0.05, 0.1) is 24.3 Å². The average Bonchev–Trinajstić information content (AvgIpc) is 3.03. The minimum absolute atomic E-state index is 0.00159. The van der Waals surface area contributed by atoms with Crippen molar-refractivity contribution in [2.45, 2.75) is 13.2 Å². The fourth-order valence-electron chi connectivity index (χ4n) is 1.81. The summed E-state index contributed by atoms with van der Waals surface area (Å²) in [6.07, 6.45) is 3.51. The Hall–Kier alpha value is -3.17. The molecule has 0 unspecified atom stereocenters. The van der Waals surface area contributed by atoms with Crippen LogP contribution in [-0.2, 0) is 6.61 Å². The molecule has 0 saturated carbocycles. The van der Waals surface area contributed by atoms with Gasteiger partial charge in [-0.3, -0.25) is 0 Å². The summed E-state index contributed by atoms with van der Waals surface area (Å²) in [5.74, 6) is -0.560. The third kappa shape index (κ3) is 3.97. The van der Waals surface area contributed by atoms with Crippen LogP contribution < -0.4 is 9.47 Å². The molecule has 0 radical (unpaired) electrons. The molecule has 0 aliphatic heterocycles. The SMILES string of the molecule is Fc1cnc(OCc2cn(-c3cccc(OC(F)F)c3)nn2)nc1. The Morgan fingerprint density at radius 2 is 1.96 bits per heavy atom. The first-order chi connectivity index (χ1) is 11.6. The van der Waals surface area contributed by atoms with Crippen LogP contribution in [0.25, 0.3) is 5.69 Å². The molecule has 0 aliphatic carbocycles. The summed E-state index contributed by atoms with van der Waals surface area (Å²) in [7, 11) is 0. The van der Waals surface area contributed by atoms with Crippen molar-refractivity contribution in [1.82, 2.24) is 25.0 Å². The first-order valence-electron chi connectivity index (χ1n) is 6.67. The monoisotopic (exact) mass is 337 g/mol. The van der Waals surface area contributed by atoms with Crippen molar-refractivity contribution in [3.8, 4) is 17.4 Å². The van der Waals surface area contributed by atoms with Gasteiger partial charge in [-0.1, -0.05) is 11.3 Å². The molecule has 3 rings (SSSR count). The summed E-state index contributed by atoms with van der Waals surface area (Å²) >= 11 is 0. The van der Waals surface area contributed by atoms with Crippen molar-refractivity contribution in [1.29, 1.82) is 0 Å². The number of aromatic nitrogens is 5. The second-order valence-corrected chi connectivity index (χ2v) is 4.50. The highest BCUT2D eigenvalue weighted by Crippen LogP contribution is 2.18. The van der Waals surface area contributed by atoms with Gasteiger partial charge in [0.1, 0.15) is 18.1 Å². The van der Waals surface area contributed by atoms with Gasteiger partial charge in [0.2, 0.25) is 0 Å². The standard InChI is InChI=1S/C14H10F3N5O2/c15-9-5-18-14(19-6-9)23-8-10-7-22(21-20-10)11-2-1-3-12(4-11)24-13(16)17/h1-7,13H,8H2. The zero-order valence-electron chi connectivity index (χ0n) is 12.0. The van der Waals surface area contributed by atoms with Crippen molar-refractivity contribution >= 4 is 0 Å². The summed E-state index contributed by atoms with van der Waals surface area (Å²) < 4.78 is 48.1. The van der Waals surface area contributed by atoms with Crippen molar-refractivity contribution in [3.63, 3.8) is 0 Å². The van der Waals surface area contributed by atoms with Gasteiger partial charge in [0.15, 0.2) is 5.82 Å². The summed E-state index contributed by atoms with van der Waals surface area (Å²) in [6.45, 7) is -2.89. The van der Waals surface area contributed by atoms with Crippen LogP contribution in [0.1, 0.15) is 5.69 Å². The molecule has 0 amide bonds. The Kier molecular flexibility index (Phi) is 4.54. The highest BCUT2D eigenvalue weighted by Gasteiger charge is 2.08. The number of hydrogen-bond donors (Lipinski definition) is 0. The van der Waals surface area contributed by atoms with E-state index in [0.29, 0.717) is 11.4 Å². The van der Waals surface area contributed by atoms with Gasteiger partial charge >= 0.3 is 12.6 Å². The van der Waals surface area contributed by atoms with E-state index in [1.165, 1.54) is 16.8 Å². The van der Waals surface area contributed by atoms with Gasteiger partial charge in [-0.2, -0.15) is 8.78 Å². The van der Waals surface area contributed by atoms with Crippen molar-refractivity contribution in [3.05, 3.63) is 54.4 Å². The van der Waals surface area contributed by atoms with Crippen molar-refractivity contribution in [2.24, 2.45) is 0 Å². The molecule has 1 aromatic carbocycles. The summed E-state index contributed by atoms with van der Waals surface area (Å²) in [4.78, 5) is 7.29. The lowest BCUT2D eigenvalue weighted by Gasteiger charge is -2.06. The Bertz CT molecular complexity index is 810. The third-order valence-corrected chi connectivity index (χ3v) is 2.79. The molecule has 0 atom stereocenters. The molecule has 0 saturated heterocycles. The number of alkyl halides is 2. The zero-order chi connectivity index (χ0) is 16.9. The predicted octanol–water partition coefficient (Wildman–Crippen LogP) is 2.38. The van der Waals surface area contributed by atoms with Gasteiger partial charge in [-0.25, -0.2) is 19.0 Å². The molecule has 124 valence electrons. The molecule has 0 N–H and O–H groups in total. The number of ether oxygens (including phenoxy) is 2. The summed E-state index contributed by atoms with van der Waals surface area (Å²) in [5, 5.41) is 7.76. The molecular formula is C14H10F3N5O2. The molecular weight excluding hydrogens is 327 g/mol. The molecule has 2 aromatic heterocycles. The maximum absolute atomic E-state index is 12.7. The maximum Gasteiger partial charge on any atom is 0.387 e. The largest absolute Gasteiger partial charge is 0.457 e. The van der Waals surface area contributed by atoms with Gasteiger partial charge < -0.3 is 9.47 Å². The second-order valence-electron chi connectivity index (χ2n) is 4.50. The molecule has 10 heteroatoms. The first kappa shape index (κ1) is 15.7. The number of benzene rings is 1. The molecule has 3 aromatic rings. The third-order valence-electron chi connectivity index (χ3n) is 2.79. The molecule has 0 aliphatic rings. The van der Waals surface area contributed by atoms with E-state index in [1.54, 1.807) is 18.3 Å². The Balaban J connectivity index is 1.67.